The van der Waals surface area contributed by atoms with Crippen molar-refractivity contribution in [3.05, 3.63) is 59.0 Å². The number of phenolic OH excluding ortho intramolecular Hbond substituents is 1. The Hall–Kier alpha value is -3.36. The van der Waals surface area contributed by atoms with Crippen molar-refractivity contribution in [3.8, 4) is 28.0 Å². The largest absolute Gasteiger partial charge is 0.507 e. The highest BCUT2D eigenvalue weighted by Crippen LogP contribution is 2.43. The standard InChI is InChI=1S/C26H27ClFN5O2/c1-16-11-18(12-22(27)24(16)33-10-9-31(2)26(33)35)21-15-19(28)14-20(25(21)34)17-3-4-30-23(13-17)32-7-5-29-6-8-32/h3-4,11-15,29,34H,5-10H2,1-2H3. The molecule has 9 heteroatoms. The van der Waals surface area contributed by atoms with Gasteiger partial charge in [-0.2, -0.15) is 0 Å². The van der Waals surface area contributed by atoms with Crippen LogP contribution in [0, 0.1) is 12.7 Å². The number of nitrogens with one attached hydrogen (secondary N) is 1. The minimum atomic E-state index is -0.470. The van der Waals surface area contributed by atoms with Crippen molar-refractivity contribution in [2.24, 2.45) is 0 Å². The number of piperazine rings is 1. The minimum Gasteiger partial charge on any atom is -0.507 e. The molecule has 0 unspecified atom stereocenters. The molecular weight excluding hydrogens is 469 g/mol. The zero-order valence-corrected chi connectivity index (χ0v) is 20.4. The predicted molar refractivity (Wildman–Crippen MR) is 137 cm³/mol. The number of urea groups is 1. The van der Waals surface area contributed by atoms with E-state index < -0.39 is 5.82 Å². The van der Waals surface area contributed by atoms with E-state index in [9.17, 15) is 14.3 Å². The fourth-order valence-corrected chi connectivity index (χ4v) is 5.15. The van der Waals surface area contributed by atoms with Crippen LogP contribution in [0.5, 0.6) is 5.75 Å². The summed E-state index contributed by atoms with van der Waals surface area (Å²) >= 11 is 6.63. The molecule has 2 N–H and O–H groups in total. The van der Waals surface area contributed by atoms with Gasteiger partial charge < -0.3 is 20.2 Å². The predicted octanol–water partition coefficient (Wildman–Crippen LogP) is 4.50. The maximum Gasteiger partial charge on any atom is 0.324 e. The van der Waals surface area contributed by atoms with Crippen molar-refractivity contribution < 1.29 is 14.3 Å². The van der Waals surface area contributed by atoms with E-state index in [0.29, 0.717) is 46.1 Å². The molecule has 0 aliphatic carbocycles. The number of likely N-dealkylation sites (N-methyl/N-ethyl adjacent to an activating group) is 1. The summed E-state index contributed by atoms with van der Waals surface area (Å²) in [7, 11) is 1.75. The van der Waals surface area contributed by atoms with Crippen molar-refractivity contribution in [1.29, 1.82) is 0 Å². The first-order valence-corrected chi connectivity index (χ1v) is 12.0. The van der Waals surface area contributed by atoms with Crippen molar-refractivity contribution in [3.63, 3.8) is 0 Å². The van der Waals surface area contributed by atoms with E-state index in [1.807, 2.05) is 19.1 Å². The summed E-state index contributed by atoms with van der Waals surface area (Å²) in [6.07, 6.45) is 1.68. The molecule has 0 bridgehead atoms. The Kier molecular flexibility index (Phi) is 6.25. The lowest BCUT2D eigenvalue weighted by molar-refractivity contribution is 0.229. The third kappa shape index (κ3) is 4.39. The quantitative estimate of drug-likeness (QED) is 0.557. The number of nitrogens with zero attached hydrogens (tertiary/aromatic N) is 4. The molecule has 0 radical (unpaired) electrons. The van der Waals surface area contributed by atoms with Crippen molar-refractivity contribution in [1.82, 2.24) is 15.2 Å². The van der Waals surface area contributed by atoms with Crippen molar-refractivity contribution >= 4 is 29.1 Å². The number of rotatable bonds is 4. The van der Waals surface area contributed by atoms with Gasteiger partial charge in [-0.3, -0.25) is 4.90 Å². The number of carbonyl (C=O) groups excluding carboxylic acids is 1. The number of carbonyl (C=O) groups is 1. The molecule has 0 atom stereocenters. The molecule has 182 valence electrons. The fraction of sp³-hybridized carbons (Fsp3) is 0.308. The Morgan fingerprint density at radius 1 is 1.03 bits per heavy atom. The van der Waals surface area contributed by atoms with Gasteiger partial charge in [-0.15, -0.1) is 0 Å². The summed E-state index contributed by atoms with van der Waals surface area (Å²) < 4.78 is 14.8. The number of aryl methyl sites for hydroxylation is 1. The third-order valence-corrected chi connectivity index (χ3v) is 6.91. The first-order valence-electron chi connectivity index (χ1n) is 11.6. The van der Waals surface area contributed by atoms with Crippen LogP contribution in [0.3, 0.4) is 0 Å². The number of halogens is 2. The first-order chi connectivity index (χ1) is 16.8. The van der Waals surface area contributed by atoms with Crippen molar-refractivity contribution in [2.75, 3.05) is 56.1 Å². The first kappa shape index (κ1) is 23.4. The molecule has 1 aromatic heterocycles. The molecule has 2 aromatic carbocycles. The van der Waals surface area contributed by atoms with E-state index in [1.165, 1.54) is 12.1 Å². The molecule has 2 fully saturated rings. The maximum absolute atomic E-state index is 14.8. The number of hydrogen-bond acceptors (Lipinski definition) is 5. The summed E-state index contributed by atoms with van der Waals surface area (Å²) in [6, 6.07) is 9.66. The van der Waals surface area contributed by atoms with E-state index in [0.717, 1.165) is 37.6 Å². The molecule has 5 rings (SSSR count). The van der Waals surface area contributed by atoms with E-state index in [1.54, 1.807) is 35.2 Å². The number of aromatic nitrogens is 1. The molecular formula is C26H27ClFN5O2. The Morgan fingerprint density at radius 2 is 1.74 bits per heavy atom. The smallest absolute Gasteiger partial charge is 0.324 e. The summed E-state index contributed by atoms with van der Waals surface area (Å²) in [4.78, 5) is 22.4. The molecule has 2 amide bonds. The molecule has 3 aromatic rings. The lowest BCUT2D eigenvalue weighted by atomic mass is 9.95. The number of benzene rings is 2. The zero-order valence-electron chi connectivity index (χ0n) is 19.7. The molecule has 35 heavy (non-hydrogen) atoms. The van der Waals surface area contributed by atoms with E-state index in [-0.39, 0.29) is 11.8 Å². The minimum absolute atomic E-state index is 0.0379. The van der Waals surface area contributed by atoms with Gasteiger partial charge in [0.05, 0.1) is 10.7 Å². The van der Waals surface area contributed by atoms with E-state index >= 15 is 0 Å². The summed E-state index contributed by atoms with van der Waals surface area (Å²) in [6.45, 7) is 6.42. The van der Waals surface area contributed by atoms with E-state index in [4.69, 9.17) is 11.6 Å². The van der Waals surface area contributed by atoms with Gasteiger partial charge in [0.2, 0.25) is 0 Å². The number of pyridine rings is 1. The number of phenols is 1. The van der Waals surface area contributed by atoms with Gasteiger partial charge >= 0.3 is 6.03 Å². The van der Waals surface area contributed by atoms with Gasteiger partial charge in [-0.25, -0.2) is 14.2 Å². The zero-order chi connectivity index (χ0) is 24.7. The average molecular weight is 496 g/mol. The second-order valence-corrected chi connectivity index (χ2v) is 9.38. The number of amides is 2. The lowest BCUT2D eigenvalue weighted by Gasteiger charge is -2.28. The summed E-state index contributed by atoms with van der Waals surface area (Å²) in [5.41, 5.74) is 3.37. The molecule has 2 aliphatic rings. The van der Waals surface area contributed by atoms with Gasteiger partial charge in [0.25, 0.3) is 0 Å². The van der Waals surface area contributed by atoms with Crippen molar-refractivity contribution in [2.45, 2.75) is 6.92 Å². The molecule has 0 saturated carbocycles. The number of hydrogen-bond donors (Lipinski definition) is 2. The number of anilines is 2. The van der Waals surface area contributed by atoms with Crippen LogP contribution in [0.25, 0.3) is 22.3 Å². The fourth-order valence-electron chi connectivity index (χ4n) is 4.78. The average Bonchev–Trinajstić information content (AvgIpc) is 3.18. The Bertz CT molecular complexity index is 1270. The van der Waals surface area contributed by atoms with Crippen LogP contribution in [0.4, 0.5) is 20.7 Å². The van der Waals surface area contributed by atoms with Gasteiger partial charge in [0.1, 0.15) is 17.4 Å². The van der Waals surface area contributed by atoms with Crippen LogP contribution in [0.2, 0.25) is 5.02 Å². The second-order valence-electron chi connectivity index (χ2n) is 8.97. The van der Waals surface area contributed by atoms with Crippen LogP contribution >= 0.6 is 11.6 Å². The molecule has 2 aliphatic heterocycles. The second kappa shape index (κ2) is 9.36. The van der Waals surface area contributed by atoms with Crippen LogP contribution in [0.15, 0.2) is 42.6 Å². The lowest BCUT2D eigenvalue weighted by Crippen LogP contribution is -2.43. The molecule has 0 spiro atoms. The van der Waals surface area contributed by atoms with E-state index in [2.05, 4.69) is 15.2 Å². The molecule has 2 saturated heterocycles. The number of aromatic hydroxyl groups is 1. The highest BCUT2D eigenvalue weighted by Gasteiger charge is 2.29. The molecule has 7 nitrogen and oxygen atoms in total. The summed E-state index contributed by atoms with van der Waals surface area (Å²) in [5.74, 6) is 0.282. The third-order valence-electron chi connectivity index (χ3n) is 6.62. The Labute approximate surface area is 208 Å². The maximum atomic E-state index is 14.8. The Balaban J connectivity index is 1.54. The molecule has 3 heterocycles. The summed E-state index contributed by atoms with van der Waals surface area (Å²) in [5, 5.41) is 14.9. The highest BCUT2D eigenvalue weighted by atomic mass is 35.5. The van der Waals surface area contributed by atoms with Crippen LogP contribution in [-0.4, -0.2) is 67.3 Å². The van der Waals surface area contributed by atoms with Gasteiger partial charge in [0.15, 0.2) is 0 Å². The van der Waals surface area contributed by atoms with Gasteiger partial charge in [0, 0.05) is 63.6 Å². The normalized spacial score (nSPS) is 16.3. The van der Waals surface area contributed by atoms with Gasteiger partial charge in [-0.05, 0) is 60.0 Å². The topological polar surface area (TPSA) is 71.9 Å². The van der Waals surface area contributed by atoms with Crippen LogP contribution in [0.1, 0.15) is 5.56 Å². The SMILES string of the molecule is Cc1cc(-c2cc(F)cc(-c3ccnc(N4CCNCC4)c3)c2O)cc(Cl)c1N1CCN(C)C1=O. The Morgan fingerprint density at radius 3 is 2.40 bits per heavy atom. The van der Waals surface area contributed by atoms with Crippen LogP contribution in [-0.2, 0) is 0 Å². The van der Waals surface area contributed by atoms with Crippen LogP contribution < -0.4 is 15.1 Å². The van der Waals surface area contributed by atoms with Gasteiger partial charge in [-0.1, -0.05) is 11.6 Å². The monoisotopic (exact) mass is 495 g/mol. The highest BCUT2D eigenvalue weighted by molar-refractivity contribution is 6.34.